The molecule has 1 aromatic carbocycles. The van der Waals surface area contributed by atoms with Crippen LogP contribution >= 0.6 is 15.9 Å². The van der Waals surface area contributed by atoms with E-state index >= 15 is 0 Å². The Morgan fingerprint density at radius 2 is 2.04 bits per heavy atom. The predicted octanol–water partition coefficient (Wildman–Crippen LogP) is 2.49. The van der Waals surface area contributed by atoms with Crippen LogP contribution < -0.4 is 10.6 Å². The van der Waals surface area contributed by atoms with Gasteiger partial charge in [-0.15, -0.1) is 4.73 Å². The molecule has 2 aromatic heterocycles. The van der Waals surface area contributed by atoms with Crippen molar-refractivity contribution >= 4 is 44.4 Å². The zero-order valence-corrected chi connectivity index (χ0v) is 15.4. The molecule has 0 amide bonds. The first-order valence-corrected chi connectivity index (χ1v) is 8.47. The van der Waals surface area contributed by atoms with Crippen molar-refractivity contribution in [1.82, 2.24) is 14.7 Å². The topological polar surface area (TPSA) is 97.6 Å². The Balaban J connectivity index is 2.16. The number of hydrogen-bond donors (Lipinski definition) is 1. The molecule has 0 aliphatic carbocycles. The van der Waals surface area contributed by atoms with Gasteiger partial charge in [0.05, 0.1) is 18.9 Å². The average molecular weight is 419 g/mol. The Labute approximate surface area is 156 Å². The van der Waals surface area contributed by atoms with Crippen molar-refractivity contribution < 1.29 is 14.7 Å². The molecular formula is C17H15BrN4O4. The van der Waals surface area contributed by atoms with E-state index in [2.05, 4.69) is 25.9 Å². The number of anilines is 2. The number of ether oxygens (including phenoxy) is 1. The van der Waals surface area contributed by atoms with Crippen molar-refractivity contribution in [3.8, 4) is 0 Å². The van der Waals surface area contributed by atoms with E-state index in [9.17, 15) is 14.8 Å². The molecule has 3 rings (SSSR count). The van der Waals surface area contributed by atoms with Crippen molar-refractivity contribution in [3.63, 3.8) is 0 Å². The molecule has 26 heavy (non-hydrogen) atoms. The minimum atomic E-state index is -0.855. The second-order valence-electron chi connectivity index (χ2n) is 5.36. The zero-order chi connectivity index (χ0) is 18.7. The van der Waals surface area contributed by atoms with E-state index in [1.54, 1.807) is 17.0 Å². The lowest BCUT2D eigenvalue weighted by atomic mass is 10.2. The molecular weight excluding hydrogens is 404 g/mol. The van der Waals surface area contributed by atoms with E-state index in [0.717, 1.165) is 10.2 Å². The van der Waals surface area contributed by atoms with Gasteiger partial charge in [0.25, 0.3) is 0 Å². The van der Waals surface area contributed by atoms with Crippen LogP contribution in [0.3, 0.4) is 0 Å². The minimum absolute atomic E-state index is 0.0858. The van der Waals surface area contributed by atoms with E-state index in [1.165, 1.54) is 13.3 Å². The molecule has 0 unspecified atom stereocenters. The highest BCUT2D eigenvalue weighted by molar-refractivity contribution is 9.10. The Kier molecular flexibility index (Phi) is 5.17. The van der Waals surface area contributed by atoms with Gasteiger partial charge in [0.2, 0.25) is 0 Å². The van der Waals surface area contributed by atoms with Crippen molar-refractivity contribution in [1.29, 1.82) is 0 Å². The van der Waals surface area contributed by atoms with Crippen molar-refractivity contribution in [2.75, 3.05) is 18.6 Å². The van der Waals surface area contributed by atoms with Crippen LogP contribution in [0.4, 0.5) is 11.5 Å². The molecule has 9 heteroatoms. The molecule has 2 heterocycles. The molecule has 8 nitrogen and oxygen atoms in total. The predicted molar refractivity (Wildman–Crippen MR) is 98.8 cm³/mol. The quantitative estimate of drug-likeness (QED) is 0.501. The van der Waals surface area contributed by atoms with E-state index in [-0.39, 0.29) is 24.6 Å². The van der Waals surface area contributed by atoms with Crippen LogP contribution in [0.1, 0.15) is 6.42 Å². The number of hydrogen-bond acceptors (Lipinski definition) is 7. The van der Waals surface area contributed by atoms with Crippen molar-refractivity contribution in [2.24, 2.45) is 0 Å². The highest BCUT2D eigenvalue weighted by Crippen LogP contribution is 2.29. The first kappa shape index (κ1) is 17.9. The maximum atomic E-state index is 12.1. The van der Waals surface area contributed by atoms with Gasteiger partial charge in [-0.3, -0.25) is 4.79 Å². The molecule has 0 aliphatic heterocycles. The fourth-order valence-corrected chi connectivity index (χ4v) is 2.78. The van der Waals surface area contributed by atoms with Crippen LogP contribution in [-0.4, -0.2) is 39.5 Å². The number of nitrogens with zero attached hydrogens (tertiary/aromatic N) is 4. The minimum Gasteiger partial charge on any atom is -0.469 e. The van der Waals surface area contributed by atoms with Crippen LogP contribution in [0.2, 0.25) is 0 Å². The Bertz CT molecular complexity index is 1000. The number of methoxy groups -OCH3 is 1. The standard InChI is InChI=1S/C17H15BrN4O4/c1-26-14(23)8-10-21(12-6-4-11(18)5-7-12)16-13-3-2-9-19-15(13)22(25)17(24)20-16/h2-7,9,25H,8,10H2,1H3. The SMILES string of the molecule is COC(=O)CCN(c1ccc(Br)cc1)c1nc(=O)n(O)c2ncccc12. The molecule has 0 fully saturated rings. The van der Waals surface area contributed by atoms with Gasteiger partial charge >= 0.3 is 11.7 Å². The zero-order valence-electron chi connectivity index (χ0n) is 13.8. The third kappa shape index (κ3) is 3.52. The van der Waals surface area contributed by atoms with Crippen molar-refractivity contribution in [3.05, 3.63) is 57.6 Å². The summed E-state index contributed by atoms with van der Waals surface area (Å²) in [5.74, 6) is -0.0836. The molecule has 0 saturated carbocycles. The van der Waals surface area contributed by atoms with E-state index in [1.807, 2.05) is 24.3 Å². The Morgan fingerprint density at radius 3 is 2.73 bits per heavy atom. The van der Waals surface area contributed by atoms with Gasteiger partial charge in [-0.05, 0) is 36.4 Å². The van der Waals surface area contributed by atoms with Crippen LogP contribution in [0.5, 0.6) is 0 Å². The Hall–Kier alpha value is -2.94. The molecule has 1 N–H and O–H groups in total. The summed E-state index contributed by atoms with van der Waals surface area (Å²) in [5.41, 5.74) is -0.0427. The fraction of sp³-hybridized carbons (Fsp3) is 0.176. The smallest absolute Gasteiger partial charge is 0.384 e. The molecule has 0 bridgehead atoms. The molecule has 3 aromatic rings. The summed E-state index contributed by atoms with van der Waals surface area (Å²) < 4.78 is 6.00. The van der Waals surface area contributed by atoms with E-state index in [0.29, 0.717) is 15.9 Å². The highest BCUT2D eigenvalue weighted by Gasteiger charge is 2.19. The third-order valence-corrected chi connectivity index (χ3v) is 4.30. The summed E-state index contributed by atoms with van der Waals surface area (Å²) >= 11 is 3.38. The molecule has 0 aliphatic rings. The molecule has 0 radical (unpaired) electrons. The number of fused-ring (bicyclic) bond motifs is 1. The second kappa shape index (κ2) is 7.52. The number of carbonyl (C=O) groups excluding carboxylic acids is 1. The number of aromatic nitrogens is 3. The summed E-state index contributed by atoms with van der Waals surface area (Å²) in [7, 11) is 1.32. The van der Waals surface area contributed by atoms with Gasteiger partial charge in [0.1, 0.15) is 5.82 Å². The summed E-state index contributed by atoms with van der Waals surface area (Å²) in [6.07, 6.45) is 1.56. The number of esters is 1. The fourth-order valence-electron chi connectivity index (χ4n) is 2.52. The number of rotatable bonds is 5. The van der Waals surface area contributed by atoms with E-state index in [4.69, 9.17) is 4.74 Å². The van der Waals surface area contributed by atoms with Gasteiger partial charge in [-0.2, -0.15) is 4.98 Å². The lowest BCUT2D eigenvalue weighted by molar-refractivity contribution is -0.140. The molecule has 134 valence electrons. The largest absolute Gasteiger partial charge is 0.469 e. The maximum absolute atomic E-state index is 12.1. The average Bonchev–Trinajstić information content (AvgIpc) is 2.66. The van der Waals surface area contributed by atoms with Crippen LogP contribution in [-0.2, 0) is 9.53 Å². The van der Waals surface area contributed by atoms with Crippen LogP contribution in [0.25, 0.3) is 11.0 Å². The maximum Gasteiger partial charge on any atom is 0.384 e. The molecule has 0 spiro atoms. The summed E-state index contributed by atoms with van der Waals surface area (Å²) in [4.78, 5) is 33.4. The summed E-state index contributed by atoms with van der Waals surface area (Å²) in [5, 5.41) is 10.4. The molecule has 0 saturated heterocycles. The van der Waals surface area contributed by atoms with Gasteiger partial charge in [0, 0.05) is 22.9 Å². The van der Waals surface area contributed by atoms with Gasteiger partial charge in [0.15, 0.2) is 5.65 Å². The number of benzene rings is 1. The molecule has 0 atom stereocenters. The van der Waals surface area contributed by atoms with Gasteiger partial charge in [-0.1, -0.05) is 15.9 Å². The lowest BCUT2D eigenvalue weighted by Crippen LogP contribution is -2.29. The normalized spacial score (nSPS) is 10.7. The van der Waals surface area contributed by atoms with Crippen LogP contribution in [0.15, 0.2) is 51.9 Å². The summed E-state index contributed by atoms with van der Waals surface area (Å²) in [6, 6.07) is 10.7. The van der Waals surface area contributed by atoms with Gasteiger partial charge < -0.3 is 14.8 Å². The second-order valence-corrected chi connectivity index (χ2v) is 6.27. The summed E-state index contributed by atoms with van der Waals surface area (Å²) in [6.45, 7) is 0.236. The van der Waals surface area contributed by atoms with Crippen molar-refractivity contribution in [2.45, 2.75) is 6.42 Å². The van der Waals surface area contributed by atoms with Crippen LogP contribution in [0, 0.1) is 0 Å². The monoisotopic (exact) mass is 418 g/mol. The first-order valence-electron chi connectivity index (χ1n) is 7.68. The lowest BCUT2D eigenvalue weighted by Gasteiger charge is -2.24. The van der Waals surface area contributed by atoms with E-state index < -0.39 is 5.69 Å². The number of carbonyl (C=O) groups is 1. The number of halogens is 1. The Morgan fingerprint density at radius 1 is 1.31 bits per heavy atom. The highest BCUT2D eigenvalue weighted by atomic mass is 79.9. The third-order valence-electron chi connectivity index (χ3n) is 3.77. The first-order chi connectivity index (χ1) is 12.5. The number of pyridine rings is 1. The van der Waals surface area contributed by atoms with Gasteiger partial charge in [-0.25, -0.2) is 9.78 Å².